The molecule has 2 N–H and O–H groups in total. The third-order valence-corrected chi connectivity index (χ3v) is 8.05. The summed E-state index contributed by atoms with van der Waals surface area (Å²) in [5, 5.41) is 10.5. The molecule has 3 atom stereocenters. The predicted octanol–water partition coefficient (Wildman–Crippen LogP) is 2.91. The van der Waals surface area contributed by atoms with E-state index in [4.69, 9.17) is 11.6 Å². The number of hydrogen-bond acceptors (Lipinski definition) is 6. The Morgan fingerprint density at radius 2 is 2.00 bits per heavy atom. The molecule has 1 aromatic carbocycles. The van der Waals surface area contributed by atoms with Crippen molar-refractivity contribution in [3.8, 4) is 0 Å². The maximum Gasteiger partial charge on any atom is 0.270 e. The number of carbonyl (C=O) groups excluding carboxylic acids is 1. The Hall–Kier alpha value is -1.55. The lowest BCUT2D eigenvalue weighted by molar-refractivity contribution is 0.102. The predicted molar refractivity (Wildman–Crippen MR) is 98.9 cm³/mol. The van der Waals surface area contributed by atoms with E-state index in [1.807, 2.05) is 0 Å². The molecule has 0 radical (unpaired) electrons. The molecule has 1 amide bonds. The second kappa shape index (κ2) is 6.88. The van der Waals surface area contributed by atoms with Gasteiger partial charge in [-0.15, -0.1) is 10.2 Å². The SMILES string of the molecule is O=C(Nc1nnc(S(=O)(=O)N[C@H]2C[C@H]3CC[C@@H]2C3)s1)c1ccccc1Cl. The van der Waals surface area contributed by atoms with Crippen molar-refractivity contribution in [2.45, 2.75) is 36.1 Å². The molecular weight excluding hydrogens is 396 g/mol. The van der Waals surface area contributed by atoms with Crippen molar-refractivity contribution in [1.29, 1.82) is 0 Å². The van der Waals surface area contributed by atoms with Crippen LogP contribution >= 0.6 is 22.9 Å². The first-order valence-corrected chi connectivity index (χ1v) is 11.0. The van der Waals surface area contributed by atoms with E-state index in [9.17, 15) is 13.2 Å². The van der Waals surface area contributed by atoms with Crippen LogP contribution in [0.25, 0.3) is 0 Å². The van der Waals surface area contributed by atoms with E-state index in [0.717, 1.165) is 30.6 Å². The Labute approximate surface area is 160 Å². The molecule has 0 aliphatic heterocycles. The number of rotatable bonds is 5. The molecule has 4 rings (SSSR count). The molecule has 2 bridgehead atoms. The van der Waals surface area contributed by atoms with Gasteiger partial charge in [0.05, 0.1) is 10.6 Å². The molecule has 0 unspecified atom stereocenters. The number of amides is 1. The lowest BCUT2D eigenvalue weighted by Gasteiger charge is -2.21. The summed E-state index contributed by atoms with van der Waals surface area (Å²) in [7, 11) is -3.74. The van der Waals surface area contributed by atoms with Gasteiger partial charge in [0.2, 0.25) is 9.47 Å². The smallest absolute Gasteiger partial charge is 0.270 e. The van der Waals surface area contributed by atoms with Crippen LogP contribution in [0.2, 0.25) is 5.02 Å². The summed E-state index contributed by atoms with van der Waals surface area (Å²) in [6, 6.07) is 6.56. The molecule has 2 aliphatic rings. The lowest BCUT2D eigenvalue weighted by Crippen LogP contribution is -2.38. The van der Waals surface area contributed by atoms with Crippen LogP contribution in [-0.4, -0.2) is 30.6 Å². The number of nitrogens with zero attached hydrogens (tertiary/aromatic N) is 2. The Kier molecular flexibility index (Phi) is 4.72. The first-order chi connectivity index (χ1) is 12.4. The van der Waals surface area contributed by atoms with Gasteiger partial charge in [0, 0.05) is 6.04 Å². The minimum absolute atomic E-state index is 0.0242. The monoisotopic (exact) mass is 412 g/mol. The molecule has 2 fully saturated rings. The van der Waals surface area contributed by atoms with Crippen LogP contribution in [0.5, 0.6) is 0 Å². The zero-order valence-electron chi connectivity index (χ0n) is 13.7. The number of sulfonamides is 1. The van der Waals surface area contributed by atoms with E-state index in [2.05, 4.69) is 20.2 Å². The van der Waals surface area contributed by atoms with Crippen molar-refractivity contribution >= 4 is 44.0 Å². The van der Waals surface area contributed by atoms with Gasteiger partial charge in [-0.25, -0.2) is 13.1 Å². The fraction of sp³-hybridized carbons (Fsp3) is 0.438. The molecule has 1 aromatic heterocycles. The van der Waals surface area contributed by atoms with E-state index >= 15 is 0 Å². The van der Waals surface area contributed by atoms with Crippen molar-refractivity contribution in [3.63, 3.8) is 0 Å². The highest BCUT2D eigenvalue weighted by molar-refractivity contribution is 7.91. The third-order valence-electron chi connectivity index (χ3n) is 5.02. The van der Waals surface area contributed by atoms with Gasteiger partial charge < -0.3 is 0 Å². The van der Waals surface area contributed by atoms with Crippen LogP contribution in [0.1, 0.15) is 36.0 Å². The van der Waals surface area contributed by atoms with E-state index in [1.165, 1.54) is 6.42 Å². The third kappa shape index (κ3) is 3.48. The van der Waals surface area contributed by atoms with Gasteiger partial charge in [0.15, 0.2) is 0 Å². The molecule has 0 saturated heterocycles. The van der Waals surface area contributed by atoms with Gasteiger partial charge >= 0.3 is 0 Å². The average molecular weight is 413 g/mol. The molecular formula is C16H17ClN4O3S2. The average Bonchev–Trinajstić information content (AvgIpc) is 3.31. The Morgan fingerprint density at radius 1 is 1.19 bits per heavy atom. The lowest BCUT2D eigenvalue weighted by atomic mass is 9.96. The maximum atomic E-state index is 12.6. The quantitative estimate of drug-likeness (QED) is 0.735. The fourth-order valence-corrected chi connectivity index (χ4v) is 6.27. The normalized spacial score (nSPS) is 24.7. The zero-order valence-corrected chi connectivity index (χ0v) is 16.1. The van der Waals surface area contributed by atoms with Crippen LogP contribution in [-0.2, 0) is 10.0 Å². The topological polar surface area (TPSA) is 101 Å². The summed E-state index contributed by atoms with van der Waals surface area (Å²) in [6.45, 7) is 0. The number of hydrogen-bond donors (Lipinski definition) is 2. The van der Waals surface area contributed by atoms with Gasteiger partial charge in [0.1, 0.15) is 0 Å². The molecule has 7 nitrogen and oxygen atoms in total. The molecule has 26 heavy (non-hydrogen) atoms. The molecule has 0 spiro atoms. The van der Waals surface area contributed by atoms with Gasteiger partial charge in [0.25, 0.3) is 15.9 Å². The van der Waals surface area contributed by atoms with Crippen molar-refractivity contribution in [3.05, 3.63) is 34.9 Å². The van der Waals surface area contributed by atoms with Crippen LogP contribution in [0.15, 0.2) is 28.6 Å². The second-order valence-electron chi connectivity index (χ2n) is 6.71. The van der Waals surface area contributed by atoms with E-state index < -0.39 is 15.9 Å². The van der Waals surface area contributed by atoms with Crippen molar-refractivity contribution < 1.29 is 13.2 Å². The minimum Gasteiger partial charge on any atom is -0.296 e. The van der Waals surface area contributed by atoms with Gasteiger partial charge in [-0.2, -0.15) is 0 Å². The largest absolute Gasteiger partial charge is 0.296 e. The number of fused-ring (bicyclic) bond motifs is 2. The summed E-state index contributed by atoms with van der Waals surface area (Å²) < 4.78 is 27.7. The molecule has 1 heterocycles. The highest BCUT2D eigenvalue weighted by Crippen LogP contribution is 2.44. The van der Waals surface area contributed by atoms with Crippen LogP contribution in [0.4, 0.5) is 5.13 Å². The Bertz CT molecular complexity index is 946. The number of aromatic nitrogens is 2. The molecule has 10 heteroatoms. The van der Waals surface area contributed by atoms with E-state index in [1.54, 1.807) is 24.3 Å². The van der Waals surface area contributed by atoms with Gasteiger partial charge in [-0.3, -0.25) is 10.1 Å². The first-order valence-electron chi connectivity index (χ1n) is 8.34. The Balaban J connectivity index is 1.45. The number of anilines is 1. The summed E-state index contributed by atoms with van der Waals surface area (Å²) in [6.07, 6.45) is 4.26. The number of nitrogens with one attached hydrogen (secondary N) is 2. The minimum atomic E-state index is -3.74. The second-order valence-corrected chi connectivity index (χ2v) is 9.98. The van der Waals surface area contributed by atoms with Crippen molar-refractivity contribution in [2.75, 3.05) is 5.32 Å². The summed E-state index contributed by atoms with van der Waals surface area (Å²) in [5.41, 5.74) is 0.286. The van der Waals surface area contributed by atoms with Gasteiger partial charge in [-0.1, -0.05) is 41.5 Å². The zero-order chi connectivity index (χ0) is 18.3. The summed E-state index contributed by atoms with van der Waals surface area (Å²) in [4.78, 5) is 12.2. The van der Waals surface area contributed by atoms with Crippen LogP contribution in [0, 0.1) is 11.8 Å². The van der Waals surface area contributed by atoms with Gasteiger partial charge in [-0.05, 0) is 43.2 Å². The first kappa shape index (κ1) is 17.8. The number of carbonyl (C=O) groups is 1. The summed E-state index contributed by atoms with van der Waals surface area (Å²) in [5.74, 6) is 0.589. The highest BCUT2D eigenvalue weighted by Gasteiger charge is 2.41. The molecule has 2 saturated carbocycles. The highest BCUT2D eigenvalue weighted by atomic mass is 35.5. The molecule has 138 valence electrons. The van der Waals surface area contributed by atoms with Crippen LogP contribution < -0.4 is 10.0 Å². The number of benzene rings is 1. The van der Waals surface area contributed by atoms with Crippen molar-refractivity contribution in [1.82, 2.24) is 14.9 Å². The standard InChI is InChI=1S/C16H17ClN4O3S2/c17-12-4-2-1-3-11(12)14(22)18-15-19-20-16(25-15)26(23,24)21-13-8-9-5-6-10(13)7-9/h1-4,9-10,13,21H,5-8H2,(H,18,19,22)/t9-,10+,13-/m0/s1. The molecule has 2 aliphatic carbocycles. The Morgan fingerprint density at radius 3 is 2.69 bits per heavy atom. The molecule has 2 aromatic rings. The van der Waals surface area contributed by atoms with Crippen LogP contribution in [0.3, 0.4) is 0 Å². The number of halogens is 1. The summed E-state index contributed by atoms with van der Waals surface area (Å²) >= 11 is 6.81. The maximum absolute atomic E-state index is 12.6. The fourth-order valence-electron chi connectivity index (χ4n) is 3.82. The van der Waals surface area contributed by atoms with E-state index in [-0.39, 0.29) is 21.1 Å². The van der Waals surface area contributed by atoms with E-state index in [0.29, 0.717) is 16.9 Å². The van der Waals surface area contributed by atoms with Crippen molar-refractivity contribution in [2.24, 2.45) is 11.8 Å².